The highest BCUT2D eigenvalue weighted by Crippen LogP contribution is 2.37. The highest BCUT2D eigenvalue weighted by molar-refractivity contribution is 14.1. The first-order valence-electron chi connectivity index (χ1n) is 5.99. The summed E-state index contributed by atoms with van der Waals surface area (Å²) in [5.74, 6) is 1.19. The minimum absolute atomic E-state index is 0.0719. The van der Waals surface area contributed by atoms with Crippen molar-refractivity contribution in [3.63, 3.8) is 0 Å². The van der Waals surface area contributed by atoms with Gasteiger partial charge in [-0.05, 0) is 30.4 Å². The smallest absolute Gasteiger partial charge is 0.286 e. The summed E-state index contributed by atoms with van der Waals surface area (Å²) in [6.07, 6.45) is 0.227. The predicted molar refractivity (Wildman–Crippen MR) is 72.1 cm³/mol. The molecule has 0 unspecified atom stereocenters. The highest BCUT2D eigenvalue weighted by atomic mass is 127. The Morgan fingerprint density at radius 3 is 2.63 bits per heavy atom. The van der Waals surface area contributed by atoms with Gasteiger partial charge in [-0.1, -0.05) is 22.6 Å². The molecule has 0 amide bonds. The lowest BCUT2D eigenvalue weighted by Gasteiger charge is -2.12. The second kappa shape index (κ2) is 4.60. The molecule has 1 aliphatic rings. The third kappa shape index (κ3) is 2.44. The fourth-order valence-corrected chi connectivity index (χ4v) is 2.82. The Morgan fingerprint density at radius 1 is 1.32 bits per heavy atom. The monoisotopic (exact) mass is 381 g/mol. The summed E-state index contributed by atoms with van der Waals surface area (Å²) < 4.78 is 41.3. The average molecular weight is 381 g/mol. The van der Waals surface area contributed by atoms with E-state index in [4.69, 9.17) is 0 Å². The summed E-state index contributed by atoms with van der Waals surface area (Å²) in [5, 5.41) is 7.70. The number of fused-ring (bicyclic) bond motifs is 1. The van der Waals surface area contributed by atoms with E-state index in [-0.39, 0.29) is 11.2 Å². The van der Waals surface area contributed by atoms with Gasteiger partial charge in [-0.15, -0.1) is 10.2 Å². The van der Waals surface area contributed by atoms with E-state index in [1.165, 1.54) is 10.5 Å². The van der Waals surface area contributed by atoms with Crippen molar-refractivity contribution in [2.75, 3.05) is 0 Å². The van der Waals surface area contributed by atoms with Gasteiger partial charge < -0.3 is 0 Å². The molecule has 2 aromatic heterocycles. The average Bonchev–Trinajstić information content (AvgIpc) is 3.07. The van der Waals surface area contributed by atoms with Crippen molar-refractivity contribution in [1.82, 2.24) is 14.6 Å². The number of rotatable bonds is 3. The van der Waals surface area contributed by atoms with Crippen molar-refractivity contribution < 1.29 is 13.2 Å². The van der Waals surface area contributed by atoms with Crippen LogP contribution in [-0.4, -0.2) is 14.6 Å². The van der Waals surface area contributed by atoms with Crippen LogP contribution < -0.4 is 0 Å². The Labute approximate surface area is 121 Å². The maximum absolute atomic E-state index is 13.2. The molecule has 0 N–H and O–H groups in total. The van der Waals surface area contributed by atoms with Gasteiger partial charge >= 0.3 is 6.18 Å². The van der Waals surface area contributed by atoms with Crippen LogP contribution in [-0.2, 0) is 17.0 Å². The largest absolute Gasteiger partial charge is 0.420 e. The fraction of sp³-hybridized carbons (Fsp3) is 0.500. The van der Waals surface area contributed by atoms with E-state index < -0.39 is 11.7 Å². The zero-order chi connectivity index (χ0) is 13.6. The van der Waals surface area contributed by atoms with Crippen LogP contribution in [0.4, 0.5) is 13.2 Å². The van der Waals surface area contributed by atoms with E-state index in [9.17, 15) is 13.2 Å². The van der Waals surface area contributed by atoms with Gasteiger partial charge in [-0.3, -0.25) is 4.40 Å². The normalized spacial score (nSPS) is 16.2. The number of alkyl halides is 4. The maximum atomic E-state index is 13.2. The first-order chi connectivity index (χ1) is 9.00. The van der Waals surface area contributed by atoms with Crippen molar-refractivity contribution in [3.8, 4) is 0 Å². The summed E-state index contributed by atoms with van der Waals surface area (Å²) in [7, 11) is 0. The number of pyridine rings is 1. The molecule has 102 valence electrons. The topological polar surface area (TPSA) is 30.2 Å². The summed E-state index contributed by atoms with van der Waals surface area (Å²) in [6, 6.07) is 1.52. The van der Waals surface area contributed by atoms with Crippen LogP contribution >= 0.6 is 22.6 Å². The lowest BCUT2D eigenvalue weighted by atomic mass is 10.1. The Morgan fingerprint density at radius 2 is 2.05 bits per heavy atom. The lowest BCUT2D eigenvalue weighted by Crippen LogP contribution is -2.12. The van der Waals surface area contributed by atoms with Crippen LogP contribution in [0.2, 0.25) is 0 Å². The number of aromatic nitrogens is 3. The first-order valence-corrected chi connectivity index (χ1v) is 7.52. The second-order valence-electron chi connectivity index (χ2n) is 4.80. The van der Waals surface area contributed by atoms with E-state index in [1.54, 1.807) is 6.20 Å². The second-order valence-corrected chi connectivity index (χ2v) is 5.57. The van der Waals surface area contributed by atoms with Crippen LogP contribution in [0.1, 0.15) is 29.8 Å². The van der Waals surface area contributed by atoms with Crippen LogP contribution in [0.15, 0.2) is 12.3 Å². The standard InChI is InChI=1S/C12H11F3IN3/c13-12(14,15)10-8(6-16)3-4-19-9(5-7-1-2-7)17-18-11(10)19/h3-4,7H,1-2,5-6H2. The zero-order valence-electron chi connectivity index (χ0n) is 9.91. The molecule has 0 spiro atoms. The van der Waals surface area contributed by atoms with Crippen LogP contribution in [0.25, 0.3) is 5.65 Å². The Hall–Kier alpha value is -0.860. The van der Waals surface area contributed by atoms with Gasteiger partial charge in [-0.25, -0.2) is 0 Å². The molecule has 0 aliphatic heterocycles. The van der Waals surface area contributed by atoms with E-state index in [0.29, 0.717) is 22.6 Å². The molecular formula is C12H11F3IN3. The highest BCUT2D eigenvalue weighted by Gasteiger charge is 2.37. The molecule has 0 atom stereocenters. The van der Waals surface area contributed by atoms with Gasteiger partial charge in [0.15, 0.2) is 5.65 Å². The molecular weight excluding hydrogens is 370 g/mol. The van der Waals surface area contributed by atoms with E-state index in [0.717, 1.165) is 12.8 Å². The molecule has 2 aromatic rings. The third-order valence-electron chi connectivity index (χ3n) is 3.33. The quantitative estimate of drug-likeness (QED) is 0.601. The number of nitrogens with zero attached hydrogens (tertiary/aromatic N) is 3. The molecule has 0 saturated heterocycles. The van der Waals surface area contributed by atoms with E-state index in [2.05, 4.69) is 10.2 Å². The van der Waals surface area contributed by atoms with E-state index >= 15 is 0 Å². The van der Waals surface area contributed by atoms with Gasteiger partial charge in [0.2, 0.25) is 0 Å². The molecule has 0 bridgehead atoms. The van der Waals surface area contributed by atoms with E-state index in [1.807, 2.05) is 22.6 Å². The van der Waals surface area contributed by atoms with Gasteiger partial charge in [0.05, 0.1) is 0 Å². The SMILES string of the molecule is FC(F)(F)c1c(CI)ccn2c(CC3CC3)nnc12. The van der Waals surface area contributed by atoms with Crippen LogP contribution in [0.3, 0.4) is 0 Å². The zero-order valence-corrected chi connectivity index (χ0v) is 12.1. The Bertz CT molecular complexity index is 616. The summed E-state index contributed by atoms with van der Waals surface area (Å²) >= 11 is 1.93. The minimum atomic E-state index is -4.40. The summed E-state index contributed by atoms with van der Waals surface area (Å²) in [4.78, 5) is 0. The molecule has 1 aliphatic carbocycles. The number of hydrogen-bond donors (Lipinski definition) is 0. The van der Waals surface area contributed by atoms with Crippen LogP contribution in [0, 0.1) is 5.92 Å². The molecule has 3 rings (SSSR count). The van der Waals surface area contributed by atoms with Gasteiger partial charge in [0.1, 0.15) is 11.4 Å². The molecule has 3 nitrogen and oxygen atoms in total. The van der Waals surface area contributed by atoms with Crippen molar-refractivity contribution in [3.05, 3.63) is 29.2 Å². The Balaban J connectivity index is 2.16. The van der Waals surface area contributed by atoms with Gasteiger partial charge in [0.25, 0.3) is 0 Å². The summed E-state index contributed by atoms with van der Waals surface area (Å²) in [6.45, 7) is 0. The van der Waals surface area contributed by atoms with Crippen molar-refractivity contribution >= 4 is 28.2 Å². The molecule has 1 saturated carbocycles. The fourth-order valence-electron chi connectivity index (χ4n) is 2.18. The van der Waals surface area contributed by atoms with Crippen LogP contribution in [0.5, 0.6) is 0 Å². The van der Waals surface area contributed by atoms with Crippen molar-refractivity contribution in [2.24, 2.45) is 5.92 Å². The first kappa shape index (κ1) is 13.1. The maximum Gasteiger partial charge on any atom is 0.420 e. The number of halogens is 4. The molecule has 2 heterocycles. The van der Waals surface area contributed by atoms with Gasteiger partial charge in [0, 0.05) is 17.0 Å². The third-order valence-corrected chi connectivity index (χ3v) is 4.15. The molecule has 0 aromatic carbocycles. The molecule has 19 heavy (non-hydrogen) atoms. The predicted octanol–water partition coefficient (Wildman–Crippen LogP) is 3.64. The Kier molecular flexibility index (Phi) is 3.18. The van der Waals surface area contributed by atoms with Crippen molar-refractivity contribution in [1.29, 1.82) is 0 Å². The molecule has 7 heteroatoms. The lowest BCUT2D eigenvalue weighted by molar-refractivity contribution is -0.137. The number of hydrogen-bond acceptors (Lipinski definition) is 2. The van der Waals surface area contributed by atoms with Crippen molar-refractivity contribution in [2.45, 2.75) is 29.9 Å². The molecule has 1 fully saturated rings. The molecule has 0 radical (unpaired) electrons. The summed E-state index contributed by atoms with van der Waals surface area (Å²) in [5.41, 5.74) is -0.470. The van der Waals surface area contributed by atoms with Gasteiger partial charge in [-0.2, -0.15) is 13.2 Å². The minimum Gasteiger partial charge on any atom is -0.286 e.